The fraction of sp³-hybridized carbons (Fsp3) is 0.333. The predicted molar refractivity (Wildman–Crippen MR) is 86.3 cm³/mol. The van der Waals surface area contributed by atoms with Crippen LogP contribution in [0.25, 0.3) is 0 Å². The Morgan fingerprint density at radius 3 is 2.86 bits per heavy atom. The summed E-state index contributed by atoms with van der Waals surface area (Å²) in [6.45, 7) is 2.45. The van der Waals surface area contributed by atoms with Gasteiger partial charge in [0.2, 0.25) is 5.91 Å². The lowest BCUT2D eigenvalue weighted by Gasteiger charge is -2.36. The average Bonchev–Trinajstić information content (AvgIpc) is 2.61. The van der Waals surface area contributed by atoms with Gasteiger partial charge in [0, 0.05) is 38.4 Å². The number of hydrogen-bond donors (Lipinski definition) is 1. The number of piperazine rings is 1. The molecule has 1 N–H and O–H groups in total. The highest BCUT2D eigenvalue weighted by molar-refractivity contribution is 5.77. The smallest absolute Gasteiger partial charge is 0.223 e. The van der Waals surface area contributed by atoms with E-state index in [1.54, 1.807) is 6.20 Å². The van der Waals surface area contributed by atoms with E-state index >= 15 is 0 Å². The predicted octanol–water partition coefficient (Wildman–Crippen LogP) is 2.19. The second-order valence-corrected chi connectivity index (χ2v) is 5.58. The number of pyridine rings is 1. The lowest BCUT2D eigenvalue weighted by molar-refractivity contribution is -0.134. The molecule has 0 saturated carbocycles. The summed E-state index contributed by atoms with van der Waals surface area (Å²) in [6.07, 6.45) is 4.87. The standard InChI is InChI=1S/C18H21N3O/c22-18(9-8-15-5-4-10-19-13-15)21-12-11-20-14-17(21)16-6-2-1-3-7-16/h1-7,10,13,17,20H,8-9,11-12,14H2. The van der Waals surface area contributed by atoms with E-state index in [1.165, 1.54) is 5.56 Å². The van der Waals surface area contributed by atoms with Crippen LogP contribution in [-0.2, 0) is 11.2 Å². The number of benzene rings is 1. The van der Waals surface area contributed by atoms with Crippen LogP contribution in [-0.4, -0.2) is 35.4 Å². The zero-order valence-electron chi connectivity index (χ0n) is 12.6. The number of carbonyl (C=O) groups excluding carboxylic acids is 1. The third-order valence-corrected chi connectivity index (χ3v) is 4.10. The molecule has 3 rings (SSSR count). The third kappa shape index (κ3) is 3.52. The Bertz CT molecular complexity index is 600. The summed E-state index contributed by atoms with van der Waals surface area (Å²) in [5, 5.41) is 3.39. The van der Waals surface area contributed by atoms with E-state index in [9.17, 15) is 4.79 Å². The average molecular weight is 295 g/mol. The van der Waals surface area contributed by atoms with E-state index in [1.807, 2.05) is 41.4 Å². The number of nitrogens with zero attached hydrogens (tertiary/aromatic N) is 2. The molecule has 4 heteroatoms. The molecule has 1 amide bonds. The first-order chi connectivity index (χ1) is 10.8. The Morgan fingerprint density at radius 1 is 1.23 bits per heavy atom. The largest absolute Gasteiger partial charge is 0.333 e. The molecule has 1 aliphatic rings. The Balaban J connectivity index is 1.66. The van der Waals surface area contributed by atoms with Crippen molar-refractivity contribution in [3.63, 3.8) is 0 Å². The molecule has 1 unspecified atom stereocenters. The summed E-state index contributed by atoms with van der Waals surface area (Å²) >= 11 is 0. The molecule has 1 aromatic heterocycles. The van der Waals surface area contributed by atoms with Crippen molar-refractivity contribution >= 4 is 5.91 Å². The number of aromatic nitrogens is 1. The molecule has 114 valence electrons. The highest BCUT2D eigenvalue weighted by Gasteiger charge is 2.27. The van der Waals surface area contributed by atoms with Crippen molar-refractivity contribution < 1.29 is 4.79 Å². The molecule has 1 fully saturated rings. The van der Waals surface area contributed by atoms with Gasteiger partial charge in [0.25, 0.3) is 0 Å². The molecular weight excluding hydrogens is 274 g/mol. The van der Waals surface area contributed by atoms with Crippen LogP contribution in [0.5, 0.6) is 0 Å². The van der Waals surface area contributed by atoms with Gasteiger partial charge in [0.15, 0.2) is 0 Å². The maximum absolute atomic E-state index is 12.6. The quantitative estimate of drug-likeness (QED) is 0.940. The minimum Gasteiger partial charge on any atom is -0.333 e. The van der Waals surface area contributed by atoms with Crippen molar-refractivity contribution in [1.82, 2.24) is 15.2 Å². The number of hydrogen-bond acceptors (Lipinski definition) is 3. The monoisotopic (exact) mass is 295 g/mol. The maximum Gasteiger partial charge on any atom is 0.223 e. The lowest BCUT2D eigenvalue weighted by atomic mass is 10.0. The molecule has 1 saturated heterocycles. The summed E-state index contributed by atoms with van der Waals surface area (Å²) in [5.41, 5.74) is 2.31. The van der Waals surface area contributed by atoms with Crippen LogP contribution in [0.4, 0.5) is 0 Å². The summed E-state index contributed by atoms with van der Waals surface area (Å²) in [6, 6.07) is 14.3. The number of rotatable bonds is 4. The van der Waals surface area contributed by atoms with Crippen LogP contribution in [0.2, 0.25) is 0 Å². The molecule has 1 aliphatic heterocycles. The molecule has 1 atom stereocenters. The van der Waals surface area contributed by atoms with E-state index in [0.29, 0.717) is 6.42 Å². The fourth-order valence-corrected chi connectivity index (χ4v) is 2.92. The van der Waals surface area contributed by atoms with Gasteiger partial charge in [-0.1, -0.05) is 36.4 Å². The first-order valence-electron chi connectivity index (χ1n) is 7.78. The van der Waals surface area contributed by atoms with Gasteiger partial charge >= 0.3 is 0 Å². The Kier molecular flexibility index (Phi) is 4.81. The SMILES string of the molecule is O=C(CCc1cccnc1)N1CCNCC1c1ccccc1. The van der Waals surface area contributed by atoms with Gasteiger partial charge in [-0.2, -0.15) is 0 Å². The van der Waals surface area contributed by atoms with E-state index in [0.717, 1.165) is 31.6 Å². The third-order valence-electron chi connectivity index (χ3n) is 4.10. The summed E-state index contributed by atoms with van der Waals surface area (Å²) < 4.78 is 0. The maximum atomic E-state index is 12.6. The highest BCUT2D eigenvalue weighted by Crippen LogP contribution is 2.23. The van der Waals surface area contributed by atoms with Gasteiger partial charge < -0.3 is 10.2 Å². The van der Waals surface area contributed by atoms with Crippen LogP contribution in [0, 0.1) is 0 Å². The van der Waals surface area contributed by atoms with Crippen molar-refractivity contribution in [3.8, 4) is 0 Å². The van der Waals surface area contributed by atoms with Crippen LogP contribution in [0.15, 0.2) is 54.9 Å². The molecule has 2 aromatic rings. The molecule has 4 nitrogen and oxygen atoms in total. The Hall–Kier alpha value is -2.20. The van der Waals surface area contributed by atoms with E-state index in [2.05, 4.69) is 22.4 Å². The van der Waals surface area contributed by atoms with E-state index in [-0.39, 0.29) is 11.9 Å². The zero-order valence-corrected chi connectivity index (χ0v) is 12.6. The van der Waals surface area contributed by atoms with Crippen molar-refractivity contribution in [2.45, 2.75) is 18.9 Å². The van der Waals surface area contributed by atoms with Gasteiger partial charge in [-0.25, -0.2) is 0 Å². The molecule has 2 heterocycles. The second kappa shape index (κ2) is 7.18. The first kappa shape index (κ1) is 14.7. The minimum atomic E-state index is 0.136. The van der Waals surface area contributed by atoms with Crippen molar-refractivity contribution in [3.05, 3.63) is 66.0 Å². The van der Waals surface area contributed by atoms with Gasteiger partial charge in [-0.05, 0) is 23.6 Å². The second-order valence-electron chi connectivity index (χ2n) is 5.58. The summed E-state index contributed by atoms with van der Waals surface area (Å²) in [4.78, 5) is 18.8. The number of nitrogens with one attached hydrogen (secondary N) is 1. The Morgan fingerprint density at radius 2 is 2.09 bits per heavy atom. The van der Waals surface area contributed by atoms with E-state index in [4.69, 9.17) is 0 Å². The Labute approximate surface area is 131 Å². The fourth-order valence-electron chi connectivity index (χ4n) is 2.92. The van der Waals surface area contributed by atoms with Crippen molar-refractivity contribution in [2.24, 2.45) is 0 Å². The zero-order chi connectivity index (χ0) is 15.2. The number of carbonyl (C=O) groups is 1. The molecule has 0 spiro atoms. The molecule has 1 aromatic carbocycles. The number of aryl methyl sites for hydroxylation is 1. The van der Waals surface area contributed by atoms with E-state index < -0.39 is 0 Å². The normalized spacial score (nSPS) is 18.2. The van der Waals surface area contributed by atoms with Crippen molar-refractivity contribution in [1.29, 1.82) is 0 Å². The van der Waals surface area contributed by atoms with Gasteiger partial charge in [-0.15, -0.1) is 0 Å². The molecule has 0 bridgehead atoms. The number of amides is 1. The van der Waals surface area contributed by atoms with Gasteiger partial charge in [0.05, 0.1) is 6.04 Å². The van der Waals surface area contributed by atoms with Crippen LogP contribution in [0.1, 0.15) is 23.6 Å². The topological polar surface area (TPSA) is 45.2 Å². The first-order valence-corrected chi connectivity index (χ1v) is 7.78. The minimum absolute atomic E-state index is 0.136. The van der Waals surface area contributed by atoms with Crippen LogP contribution < -0.4 is 5.32 Å². The molecule has 0 radical (unpaired) electrons. The molecule has 0 aliphatic carbocycles. The van der Waals surface area contributed by atoms with Crippen LogP contribution >= 0.6 is 0 Å². The highest BCUT2D eigenvalue weighted by atomic mass is 16.2. The van der Waals surface area contributed by atoms with Gasteiger partial charge in [0.1, 0.15) is 0 Å². The summed E-state index contributed by atoms with van der Waals surface area (Å²) in [5.74, 6) is 0.221. The molecule has 22 heavy (non-hydrogen) atoms. The van der Waals surface area contributed by atoms with Crippen molar-refractivity contribution in [2.75, 3.05) is 19.6 Å². The van der Waals surface area contributed by atoms with Crippen LogP contribution in [0.3, 0.4) is 0 Å². The summed E-state index contributed by atoms with van der Waals surface area (Å²) in [7, 11) is 0. The lowest BCUT2D eigenvalue weighted by Crippen LogP contribution is -2.48. The molecular formula is C18H21N3O. The van der Waals surface area contributed by atoms with Gasteiger partial charge in [-0.3, -0.25) is 9.78 Å².